The Balaban J connectivity index is 1.77. The van der Waals surface area contributed by atoms with Crippen LogP contribution in [0.2, 0.25) is 0 Å². The number of hydrogen-bond donors (Lipinski definition) is 1. The van der Waals surface area contributed by atoms with Gasteiger partial charge < -0.3 is 14.8 Å². The molecule has 2 rings (SSSR count). The molecule has 0 unspecified atom stereocenters. The van der Waals surface area contributed by atoms with Crippen LogP contribution in [0.25, 0.3) is 0 Å². The van der Waals surface area contributed by atoms with E-state index in [4.69, 9.17) is 9.47 Å². The van der Waals surface area contributed by atoms with Gasteiger partial charge in [-0.15, -0.1) is 0 Å². The molecule has 0 amide bonds. The molecular weight excluding hydrogens is 264 g/mol. The molecule has 1 aromatic carbocycles. The molecule has 0 fully saturated rings. The SMILES string of the molecule is CCOc1ccccc1OCCN[C@@H](C)c1cccnc1. The molecular formula is C17H22N2O2. The van der Waals surface area contributed by atoms with Crippen molar-refractivity contribution in [3.05, 3.63) is 54.4 Å². The lowest BCUT2D eigenvalue weighted by molar-refractivity contribution is 0.273. The van der Waals surface area contributed by atoms with E-state index in [0.29, 0.717) is 13.2 Å². The topological polar surface area (TPSA) is 43.4 Å². The molecule has 0 aliphatic rings. The lowest BCUT2D eigenvalue weighted by atomic mass is 10.1. The van der Waals surface area contributed by atoms with Gasteiger partial charge in [0, 0.05) is 25.0 Å². The maximum Gasteiger partial charge on any atom is 0.161 e. The number of hydrogen-bond acceptors (Lipinski definition) is 4. The third kappa shape index (κ3) is 4.76. The molecule has 1 heterocycles. The Morgan fingerprint density at radius 2 is 1.86 bits per heavy atom. The molecule has 21 heavy (non-hydrogen) atoms. The highest BCUT2D eigenvalue weighted by atomic mass is 16.5. The molecule has 0 aliphatic heterocycles. The molecule has 1 aromatic heterocycles. The van der Waals surface area contributed by atoms with Crippen LogP contribution < -0.4 is 14.8 Å². The van der Waals surface area contributed by atoms with E-state index in [-0.39, 0.29) is 6.04 Å². The van der Waals surface area contributed by atoms with Gasteiger partial charge in [-0.05, 0) is 37.6 Å². The van der Waals surface area contributed by atoms with E-state index in [9.17, 15) is 0 Å². The number of ether oxygens (including phenoxy) is 2. The summed E-state index contributed by atoms with van der Waals surface area (Å²) >= 11 is 0. The van der Waals surface area contributed by atoms with Crippen LogP contribution in [0.15, 0.2) is 48.8 Å². The van der Waals surface area contributed by atoms with E-state index in [1.54, 1.807) is 6.20 Å². The van der Waals surface area contributed by atoms with E-state index >= 15 is 0 Å². The molecule has 112 valence electrons. The number of rotatable bonds is 8. The summed E-state index contributed by atoms with van der Waals surface area (Å²) in [5, 5.41) is 3.41. The Morgan fingerprint density at radius 1 is 1.10 bits per heavy atom. The zero-order chi connectivity index (χ0) is 14.9. The first-order chi connectivity index (χ1) is 10.3. The zero-order valence-corrected chi connectivity index (χ0v) is 12.6. The molecule has 2 aromatic rings. The first-order valence-corrected chi connectivity index (χ1v) is 7.29. The van der Waals surface area contributed by atoms with Gasteiger partial charge in [0.1, 0.15) is 6.61 Å². The number of benzene rings is 1. The summed E-state index contributed by atoms with van der Waals surface area (Å²) in [5.74, 6) is 1.58. The van der Waals surface area contributed by atoms with E-state index in [0.717, 1.165) is 18.0 Å². The van der Waals surface area contributed by atoms with Gasteiger partial charge in [-0.2, -0.15) is 0 Å². The van der Waals surface area contributed by atoms with Gasteiger partial charge in [-0.1, -0.05) is 18.2 Å². The summed E-state index contributed by atoms with van der Waals surface area (Å²) in [6.07, 6.45) is 3.66. The van der Waals surface area contributed by atoms with E-state index in [1.807, 2.05) is 43.5 Å². The molecule has 4 heteroatoms. The fourth-order valence-electron chi connectivity index (χ4n) is 2.03. The number of nitrogens with zero attached hydrogens (tertiary/aromatic N) is 1. The summed E-state index contributed by atoms with van der Waals surface area (Å²) in [6.45, 7) is 6.07. The highest BCUT2D eigenvalue weighted by Crippen LogP contribution is 2.26. The first-order valence-electron chi connectivity index (χ1n) is 7.29. The van der Waals surface area contributed by atoms with E-state index in [2.05, 4.69) is 23.3 Å². The van der Waals surface area contributed by atoms with Crippen molar-refractivity contribution in [2.45, 2.75) is 19.9 Å². The summed E-state index contributed by atoms with van der Waals surface area (Å²) in [7, 11) is 0. The zero-order valence-electron chi connectivity index (χ0n) is 12.6. The molecule has 0 saturated carbocycles. The van der Waals surface area contributed by atoms with Crippen molar-refractivity contribution in [3.8, 4) is 11.5 Å². The quantitative estimate of drug-likeness (QED) is 0.757. The van der Waals surface area contributed by atoms with Crippen LogP contribution in [0.3, 0.4) is 0 Å². The predicted molar refractivity (Wildman–Crippen MR) is 83.8 cm³/mol. The van der Waals surface area contributed by atoms with Gasteiger partial charge in [-0.3, -0.25) is 4.98 Å². The second kappa shape index (κ2) is 8.27. The second-order valence-electron chi connectivity index (χ2n) is 4.69. The van der Waals surface area contributed by atoms with E-state index < -0.39 is 0 Å². The van der Waals surface area contributed by atoms with Crippen LogP contribution >= 0.6 is 0 Å². The van der Waals surface area contributed by atoms with Crippen molar-refractivity contribution in [2.24, 2.45) is 0 Å². The first kappa shape index (κ1) is 15.3. The molecule has 1 N–H and O–H groups in total. The molecule has 0 radical (unpaired) electrons. The Labute approximate surface area is 126 Å². The molecule has 0 saturated heterocycles. The third-order valence-corrected chi connectivity index (χ3v) is 3.14. The van der Waals surface area contributed by atoms with E-state index in [1.165, 1.54) is 5.56 Å². The fraction of sp³-hybridized carbons (Fsp3) is 0.353. The minimum Gasteiger partial charge on any atom is -0.490 e. The fourth-order valence-corrected chi connectivity index (χ4v) is 2.03. The Hall–Kier alpha value is -2.07. The maximum atomic E-state index is 5.77. The lowest BCUT2D eigenvalue weighted by Gasteiger charge is -2.15. The standard InChI is InChI=1S/C17H22N2O2/c1-3-20-16-8-4-5-9-17(16)21-12-11-19-14(2)15-7-6-10-18-13-15/h4-10,13-14,19H,3,11-12H2,1-2H3/t14-/m0/s1. The average Bonchev–Trinajstić information content (AvgIpc) is 2.54. The van der Waals surface area contributed by atoms with Gasteiger partial charge in [-0.25, -0.2) is 0 Å². The minimum absolute atomic E-state index is 0.254. The third-order valence-electron chi connectivity index (χ3n) is 3.14. The van der Waals surface area contributed by atoms with Gasteiger partial charge in [0.15, 0.2) is 11.5 Å². The van der Waals surface area contributed by atoms with Crippen LogP contribution in [0.5, 0.6) is 11.5 Å². The Kier molecular flexibility index (Phi) is 6.03. The van der Waals surface area contributed by atoms with Gasteiger partial charge in [0.05, 0.1) is 6.61 Å². The summed E-state index contributed by atoms with van der Waals surface area (Å²) < 4.78 is 11.3. The number of nitrogens with one attached hydrogen (secondary N) is 1. The average molecular weight is 286 g/mol. The Morgan fingerprint density at radius 3 is 2.52 bits per heavy atom. The normalized spacial score (nSPS) is 11.9. The van der Waals surface area contributed by atoms with Gasteiger partial charge in [0.2, 0.25) is 0 Å². The minimum atomic E-state index is 0.254. The number of pyridine rings is 1. The highest BCUT2D eigenvalue weighted by Gasteiger charge is 2.05. The summed E-state index contributed by atoms with van der Waals surface area (Å²) in [6, 6.07) is 12.0. The molecule has 0 bridgehead atoms. The smallest absolute Gasteiger partial charge is 0.161 e. The predicted octanol–water partition coefficient (Wildman–Crippen LogP) is 3.21. The van der Waals surface area contributed by atoms with Crippen LogP contribution in [0, 0.1) is 0 Å². The van der Waals surface area contributed by atoms with Crippen LogP contribution in [-0.2, 0) is 0 Å². The van der Waals surface area contributed by atoms with Gasteiger partial charge >= 0.3 is 0 Å². The summed E-state index contributed by atoms with van der Waals surface area (Å²) in [4.78, 5) is 4.13. The number of aromatic nitrogens is 1. The monoisotopic (exact) mass is 286 g/mol. The second-order valence-corrected chi connectivity index (χ2v) is 4.69. The summed E-state index contributed by atoms with van der Waals surface area (Å²) in [5.41, 5.74) is 1.17. The van der Waals surface area contributed by atoms with Crippen molar-refractivity contribution < 1.29 is 9.47 Å². The largest absolute Gasteiger partial charge is 0.490 e. The van der Waals surface area contributed by atoms with Crippen LogP contribution in [0.4, 0.5) is 0 Å². The van der Waals surface area contributed by atoms with Crippen molar-refractivity contribution in [1.29, 1.82) is 0 Å². The Bertz CT molecular complexity index is 531. The van der Waals surface area contributed by atoms with Gasteiger partial charge in [0.25, 0.3) is 0 Å². The molecule has 1 atom stereocenters. The van der Waals surface area contributed by atoms with Crippen molar-refractivity contribution >= 4 is 0 Å². The molecule has 0 spiro atoms. The van der Waals surface area contributed by atoms with Crippen molar-refractivity contribution in [2.75, 3.05) is 19.8 Å². The molecule has 4 nitrogen and oxygen atoms in total. The highest BCUT2D eigenvalue weighted by molar-refractivity contribution is 5.39. The molecule has 0 aliphatic carbocycles. The van der Waals surface area contributed by atoms with Crippen LogP contribution in [0.1, 0.15) is 25.5 Å². The lowest BCUT2D eigenvalue weighted by Crippen LogP contribution is -2.24. The van der Waals surface area contributed by atoms with Crippen molar-refractivity contribution in [3.63, 3.8) is 0 Å². The van der Waals surface area contributed by atoms with Crippen molar-refractivity contribution in [1.82, 2.24) is 10.3 Å². The maximum absolute atomic E-state index is 5.77. The number of para-hydroxylation sites is 2. The van der Waals surface area contributed by atoms with Crippen LogP contribution in [-0.4, -0.2) is 24.7 Å².